The van der Waals surface area contributed by atoms with Crippen LogP contribution in [0.1, 0.15) is 23.1 Å². The first-order valence-corrected chi connectivity index (χ1v) is 10.3. The van der Waals surface area contributed by atoms with Gasteiger partial charge in [-0.15, -0.1) is 0 Å². The second-order valence-corrected chi connectivity index (χ2v) is 7.76. The molecule has 2 aromatic carbocycles. The van der Waals surface area contributed by atoms with Gasteiger partial charge in [0.05, 0.1) is 12.2 Å². The molecule has 3 rings (SSSR count). The van der Waals surface area contributed by atoms with Crippen LogP contribution in [0, 0.1) is 6.92 Å². The summed E-state index contributed by atoms with van der Waals surface area (Å²) in [5.41, 5.74) is 5.24. The molecule has 156 valence electrons. The Hall–Kier alpha value is -3.18. The van der Waals surface area contributed by atoms with Gasteiger partial charge in [0.1, 0.15) is 0 Å². The first-order chi connectivity index (χ1) is 14.5. The standard InChI is InChI=1S/C25H30N4O/c1-20-10-12-22(13-11-20)25-23(14-15-24(30)26-16-7-17-28(2)3)19-29(27-25)18-21-8-5-4-6-9-21/h4-6,8-15,19H,7,16-18H2,1-3H3,(H,26,30)/b15-14+. The van der Waals surface area contributed by atoms with Crippen molar-refractivity contribution in [3.8, 4) is 11.3 Å². The summed E-state index contributed by atoms with van der Waals surface area (Å²) in [5, 5.41) is 7.75. The molecule has 0 fully saturated rings. The largest absolute Gasteiger partial charge is 0.353 e. The van der Waals surface area contributed by atoms with Gasteiger partial charge in [0.2, 0.25) is 5.91 Å². The van der Waals surface area contributed by atoms with E-state index >= 15 is 0 Å². The number of benzene rings is 2. The van der Waals surface area contributed by atoms with Gasteiger partial charge in [0.15, 0.2) is 0 Å². The van der Waals surface area contributed by atoms with Crippen LogP contribution in [0.25, 0.3) is 17.3 Å². The SMILES string of the molecule is Cc1ccc(-c2nn(Cc3ccccc3)cc2/C=C/C(=O)NCCCN(C)C)cc1. The zero-order valence-corrected chi connectivity index (χ0v) is 18.0. The minimum atomic E-state index is -0.0839. The van der Waals surface area contributed by atoms with Crippen LogP contribution < -0.4 is 5.32 Å². The average molecular weight is 403 g/mol. The average Bonchev–Trinajstić information content (AvgIpc) is 3.13. The lowest BCUT2D eigenvalue weighted by atomic mass is 10.1. The summed E-state index contributed by atoms with van der Waals surface area (Å²) in [6.45, 7) is 4.37. The summed E-state index contributed by atoms with van der Waals surface area (Å²) < 4.78 is 1.93. The summed E-state index contributed by atoms with van der Waals surface area (Å²) in [4.78, 5) is 14.3. The first kappa shape index (κ1) is 21.5. The molecule has 0 saturated heterocycles. The predicted molar refractivity (Wildman–Crippen MR) is 123 cm³/mol. The Bertz CT molecular complexity index is 972. The van der Waals surface area contributed by atoms with E-state index in [9.17, 15) is 4.79 Å². The Labute approximate surface area is 179 Å². The van der Waals surface area contributed by atoms with Crippen LogP contribution in [0.4, 0.5) is 0 Å². The molecule has 1 N–H and O–H groups in total. The van der Waals surface area contributed by atoms with E-state index in [0.717, 1.165) is 29.8 Å². The molecule has 0 aliphatic carbocycles. The van der Waals surface area contributed by atoms with Gasteiger partial charge in [-0.2, -0.15) is 5.10 Å². The number of rotatable bonds is 9. The Balaban J connectivity index is 1.77. The Morgan fingerprint density at radius 1 is 1.10 bits per heavy atom. The van der Waals surface area contributed by atoms with Crippen LogP contribution in [0.5, 0.6) is 0 Å². The molecule has 0 aliphatic heterocycles. The van der Waals surface area contributed by atoms with Crippen LogP contribution in [0.15, 0.2) is 66.9 Å². The molecule has 0 aliphatic rings. The first-order valence-electron chi connectivity index (χ1n) is 10.3. The van der Waals surface area contributed by atoms with Gasteiger partial charge >= 0.3 is 0 Å². The molecule has 0 atom stereocenters. The van der Waals surface area contributed by atoms with Crippen LogP contribution >= 0.6 is 0 Å². The van der Waals surface area contributed by atoms with Gasteiger partial charge in [-0.25, -0.2) is 0 Å². The second kappa shape index (κ2) is 10.6. The molecule has 30 heavy (non-hydrogen) atoms. The summed E-state index contributed by atoms with van der Waals surface area (Å²) >= 11 is 0. The number of aryl methyl sites for hydroxylation is 1. The lowest BCUT2D eigenvalue weighted by Gasteiger charge is -2.08. The molecule has 1 heterocycles. The van der Waals surface area contributed by atoms with E-state index in [1.54, 1.807) is 6.08 Å². The van der Waals surface area contributed by atoms with Crippen LogP contribution in [0.3, 0.4) is 0 Å². The van der Waals surface area contributed by atoms with Gasteiger partial charge in [-0.05, 0) is 45.6 Å². The van der Waals surface area contributed by atoms with E-state index in [4.69, 9.17) is 5.10 Å². The summed E-state index contributed by atoms with van der Waals surface area (Å²) in [5.74, 6) is -0.0839. The molecular weight excluding hydrogens is 372 g/mol. The third-order valence-electron chi connectivity index (χ3n) is 4.80. The quantitative estimate of drug-likeness (QED) is 0.435. The fourth-order valence-corrected chi connectivity index (χ4v) is 3.18. The molecule has 5 heteroatoms. The second-order valence-electron chi connectivity index (χ2n) is 7.76. The Kier molecular flexibility index (Phi) is 7.57. The number of carbonyl (C=O) groups is 1. The van der Waals surface area contributed by atoms with Gasteiger partial charge in [-0.1, -0.05) is 60.2 Å². The van der Waals surface area contributed by atoms with E-state index in [-0.39, 0.29) is 5.91 Å². The van der Waals surface area contributed by atoms with E-state index in [0.29, 0.717) is 13.1 Å². The fourth-order valence-electron chi connectivity index (χ4n) is 3.18. The number of nitrogens with zero attached hydrogens (tertiary/aromatic N) is 3. The van der Waals surface area contributed by atoms with E-state index < -0.39 is 0 Å². The Morgan fingerprint density at radius 3 is 2.53 bits per heavy atom. The van der Waals surface area contributed by atoms with Crippen molar-refractivity contribution in [1.82, 2.24) is 20.0 Å². The van der Waals surface area contributed by atoms with Crippen molar-refractivity contribution in [2.75, 3.05) is 27.2 Å². The van der Waals surface area contributed by atoms with Crippen molar-refractivity contribution in [2.45, 2.75) is 19.9 Å². The lowest BCUT2D eigenvalue weighted by Crippen LogP contribution is -2.25. The van der Waals surface area contributed by atoms with Gasteiger partial charge < -0.3 is 10.2 Å². The fraction of sp³-hybridized carbons (Fsp3) is 0.280. The van der Waals surface area contributed by atoms with Gasteiger partial charge in [-0.3, -0.25) is 9.48 Å². The molecular formula is C25H30N4O. The maximum absolute atomic E-state index is 12.2. The van der Waals surface area contributed by atoms with E-state index in [1.165, 1.54) is 11.1 Å². The van der Waals surface area contributed by atoms with Crippen LogP contribution in [0.2, 0.25) is 0 Å². The van der Waals surface area contributed by atoms with Crippen molar-refractivity contribution in [3.63, 3.8) is 0 Å². The molecule has 0 unspecified atom stereocenters. The lowest BCUT2D eigenvalue weighted by molar-refractivity contribution is -0.116. The van der Waals surface area contributed by atoms with E-state index in [2.05, 4.69) is 53.5 Å². The Morgan fingerprint density at radius 2 is 1.83 bits per heavy atom. The zero-order chi connectivity index (χ0) is 21.3. The highest BCUT2D eigenvalue weighted by molar-refractivity contribution is 5.92. The van der Waals surface area contributed by atoms with Crippen molar-refractivity contribution < 1.29 is 4.79 Å². The maximum atomic E-state index is 12.2. The summed E-state index contributed by atoms with van der Waals surface area (Å²) in [7, 11) is 4.06. The van der Waals surface area contributed by atoms with Crippen molar-refractivity contribution in [3.05, 3.63) is 83.6 Å². The van der Waals surface area contributed by atoms with Gasteiger partial charge in [0.25, 0.3) is 0 Å². The molecule has 0 bridgehead atoms. The third kappa shape index (κ3) is 6.42. The number of nitrogens with one attached hydrogen (secondary N) is 1. The number of hydrogen-bond donors (Lipinski definition) is 1. The smallest absolute Gasteiger partial charge is 0.244 e. The number of hydrogen-bond acceptors (Lipinski definition) is 3. The molecule has 3 aromatic rings. The summed E-state index contributed by atoms with van der Waals surface area (Å²) in [6, 6.07) is 18.5. The highest BCUT2D eigenvalue weighted by Gasteiger charge is 2.10. The van der Waals surface area contributed by atoms with Crippen molar-refractivity contribution in [1.29, 1.82) is 0 Å². The molecule has 1 amide bonds. The number of aromatic nitrogens is 2. The zero-order valence-electron chi connectivity index (χ0n) is 18.0. The van der Waals surface area contributed by atoms with Crippen molar-refractivity contribution >= 4 is 12.0 Å². The number of carbonyl (C=O) groups excluding carboxylic acids is 1. The highest BCUT2D eigenvalue weighted by atomic mass is 16.1. The van der Waals surface area contributed by atoms with Gasteiger partial charge in [0, 0.05) is 29.9 Å². The topological polar surface area (TPSA) is 50.2 Å². The summed E-state index contributed by atoms with van der Waals surface area (Å²) in [6.07, 6.45) is 6.37. The normalized spacial score (nSPS) is 11.3. The van der Waals surface area contributed by atoms with Crippen LogP contribution in [-0.2, 0) is 11.3 Å². The third-order valence-corrected chi connectivity index (χ3v) is 4.80. The van der Waals surface area contributed by atoms with Crippen LogP contribution in [-0.4, -0.2) is 47.8 Å². The highest BCUT2D eigenvalue weighted by Crippen LogP contribution is 2.24. The predicted octanol–water partition coefficient (Wildman–Crippen LogP) is 3.99. The minimum absolute atomic E-state index is 0.0839. The molecule has 1 aromatic heterocycles. The maximum Gasteiger partial charge on any atom is 0.244 e. The molecule has 0 saturated carbocycles. The van der Waals surface area contributed by atoms with Crippen molar-refractivity contribution in [2.24, 2.45) is 0 Å². The monoisotopic (exact) mass is 402 g/mol. The molecule has 5 nitrogen and oxygen atoms in total. The van der Waals surface area contributed by atoms with E-state index in [1.807, 2.05) is 49.2 Å². The number of amides is 1. The molecule has 0 radical (unpaired) electrons. The molecule has 0 spiro atoms. The minimum Gasteiger partial charge on any atom is -0.353 e.